The Bertz CT molecular complexity index is 2520. The van der Waals surface area contributed by atoms with Gasteiger partial charge in [-0.15, -0.1) is 0 Å². The van der Waals surface area contributed by atoms with Gasteiger partial charge in [0, 0.05) is 33.5 Å². The van der Waals surface area contributed by atoms with E-state index in [1.807, 2.05) is 0 Å². The average Bonchev–Trinajstić information content (AvgIpc) is 3.22. The van der Waals surface area contributed by atoms with Gasteiger partial charge in [0.25, 0.3) is 0 Å². The van der Waals surface area contributed by atoms with Gasteiger partial charge in [-0.3, -0.25) is 0 Å². The van der Waals surface area contributed by atoms with E-state index in [-0.39, 0.29) is 0 Å². The van der Waals surface area contributed by atoms with Gasteiger partial charge < -0.3 is 9.80 Å². The highest BCUT2D eigenvalue weighted by Crippen LogP contribution is 2.45. The molecule has 8 aromatic carbocycles. The number of anilines is 6. The molecule has 0 aliphatic rings. The molecule has 0 aliphatic carbocycles. The molecule has 58 heavy (non-hydrogen) atoms. The van der Waals surface area contributed by atoms with Gasteiger partial charge in [0.2, 0.25) is 0 Å². The van der Waals surface area contributed by atoms with Crippen molar-refractivity contribution in [2.75, 3.05) is 9.80 Å². The van der Waals surface area contributed by atoms with Crippen LogP contribution in [0.5, 0.6) is 0 Å². The van der Waals surface area contributed by atoms with E-state index in [9.17, 15) is 0 Å². The minimum Gasteiger partial charge on any atom is -0.310 e. The molecule has 8 aromatic rings. The fourth-order valence-corrected chi connectivity index (χ4v) is 7.97. The van der Waals surface area contributed by atoms with E-state index < -0.39 is 0 Å². The molecule has 0 unspecified atom stereocenters. The number of benzene rings is 8. The van der Waals surface area contributed by atoms with Gasteiger partial charge in [-0.1, -0.05) is 167 Å². The average molecular weight is 751 g/mol. The third kappa shape index (κ3) is 8.57. The van der Waals surface area contributed by atoms with Crippen LogP contribution in [0.15, 0.2) is 170 Å². The van der Waals surface area contributed by atoms with Gasteiger partial charge in [-0.25, -0.2) is 0 Å². The lowest BCUT2D eigenvalue weighted by atomic mass is 10.0. The first-order valence-electron chi connectivity index (χ1n) is 20.2. The number of aryl methyl sites for hydroxylation is 6. The van der Waals surface area contributed by atoms with Gasteiger partial charge in [0.15, 0.2) is 0 Å². The summed E-state index contributed by atoms with van der Waals surface area (Å²) in [6.45, 7) is 12.9. The maximum absolute atomic E-state index is 2.38. The van der Waals surface area contributed by atoms with Crippen molar-refractivity contribution < 1.29 is 0 Å². The van der Waals surface area contributed by atoms with Crippen LogP contribution in [0.3, 0.4) is 0 Å². The van der Waals surface area contributed by atoms with Gasteiger partial charge >= 0.3 is 0 Å². The highest BCUT2D eigenvalue weighted by atomic mass is 15.2. The normalized spacial score (nSPS) is 11.5. The molecule has 0 spiro atoms. The van der Waals surface area contributed by atoms with E-state index >= 15 is 0 Å². The van der Waals surface area contributed by atoms with Gasteiger partial charge in [-0.2, -0.15) is 0 Å². The zero-order chi connectivity index (χ0) is 40.2. The minimum absolute atomic E-state index is 1.10. The van der Waals surface area contributed by atoms with Crippen LogP contribution in [0.2, 0.25) is 0 Å². The monoisotopic (exact) mass is 750 g/mol. The van der Waals surface area contributed by atoms with E-state index in [2.05, 4.69) is 246 Å². The minimum atomic E-state index is 1.10. The van der Waals surface area contributed by atoms with Gasteiger partial charge in [0.05, 0.1) is 11.4 Å². The highest BCUT2D eigenvalue weighted by Gasteiger charge is 2.21. The Morgan fingerprint density at radius 1 is 0.276 bits per heavy atom. The van der Waals surface area contributed by atoms with E-state index in [1.54, 1.807) is 0 Å². The Morgan fingerprint density at radius 3 is 0.897 bits per heavy atom. The molecular formula is C56H50N2. The molecular weight excluding hydrogens is 701 g/mol. The summed E-state index contributed by atoms with van der Waals surface area (Å²) in [6.07, 6.45) is 8.81. The number of hydrogen-bond acceptors (Lipinski definition) is 2. The standard InChI is InChI=1S/C56H50N2/c1-39-11-23-49(24-12-39)57(51-27-19-45(20-28-51)15-17-47-35-41(3)33-42(4)36-47)55-31-32-56(54-10-8-7-9-53(54)55)58(50-25-13-40(2)14-26-50)52-29-21-46(22-30-52)16-18-48-37-43(5)34-44(6)38-48/h7-38H,1-6H3/b17-15+,18-16+. The summed E-state index contributed by atoms with van der Waals surface area (Å²) >= 11 is 0. The third-order valence-corrected chi connectivity index (χ3v) is 10.7. The molecule has 284 valence electrons. The van der Waals surface area contributed by atoms with Gasteiger partial charge in [0.1, 0.15) is 0 Å². The molecule has 0 atom stereocenters. The third-order valence-electron chi connectivity index (χ3n) is 10.7. The Morgan fingerprint density at radius 2 is 0.569 bits per heavy atom. The van der Waals surface area contributed by atoms with Crippen LogP contribution in [0.4, 0.5) is 34.1 Å². The second-order valence-electron chi connectivity index (χ2n) is 15.7. The van der Waals surface area contributed by atoms with Crippen LogP contribution in [-0.2, 0) is 0 Å². The van der Waals surface area contributed by atoms with Crippen LogP contribution >= 0.6 is 0 Å². The summed E-state index contributed by atoms with van der Waals surface area (Å²) < 4.78 is 0. The Kier molecular flexibility index (Phi) is 10.9. The highest BCUT2D eigenvalue weighted by molar-refractivity contribution is 6.07. The maximum atomic E-state index is 2.38. The zero-order valence-corrected chi connectivity index (χ0v) is 34.4. The molecule has 0 radical (unpaired) electrons. The van der Waals surface area contributed by atoms with Crippen molar-refractivity contribution in [2.24, 2.45) is 0 Å². The molecule has 0 amide bonds. The van der Waals surface area contributed by atoms with Crippen molar-refractivity contribution in [3.8, 4) is 0 Å². The van der Waals surface area contributed by atoms with Crippen molar-refractivity contribution in [1.82, 2.24) is 0 Å². The lowest BCUT2D eigenvalue weighted by Crippen LogP contribution is -2.13. The summed E-state index contributed by atoms with van der Waals surface area (Å²) in [4.78, 5) is 4.77. The molecule has 0 fully saturated rings. The van der Waals surface area contributed by atoms with E-state index in [4.69, 9.17) is 0 Å². The molecule has 0 N–H and O–H groups in total. The Balaban J connectivity index is 1.20. The molecule has 8 rings (SSSR count). The van der Waals surface area contributed by atoms with E-state index in [0.717, 1.165) is 45.3 Å². The summed E-state index contributed by atoms with van der Waals surface area (Å²) in [5, 5.41) is 2.34. The number of fused-ring (bicyclic) bond motifs is 1. The first-order valence-corrected chi connectivity index (χ1v) is 20.2. The van der Waals surface area contributed by atoms with Crippen molar-refractivity contribution in [3.05, 3.63) is 225 Å². The molecule has 0 saturated carbocycles. The van der Waals surface area contributed by atoms with Crippen LogP contribution in [0.1, 0.15) is 55.6 Å². The first-order chi connectivity index (χ1) is 28.2. The van der Waals surface area contributed by atoms with Crippen LogP contribution < -0.4 is 9.80 Å². The predicted molar refractivity (Wildman–Crippen MR) is 252 cm³/mol. The van der Waals surface area contributed by atoms with Gasteiger partial charge in [-0.05, 0) is 124 Å². The molecule has 0 bridgehead atoms. The first kappa shape index (κ1) is 38.0. The maximum Gasteiger partial charge on any atom is 0.0541 e. The molecule has 0 aromatic heterocycles. The number of rotatable bonds is 10. The Labute approximate surface area is 344 Å². The van der Waals surface area contributed by atoms with Crippen LogP contribution in [0, 0.1) is 41.5 Å². The van der Waals surface area contributed by atoms with E-state index in [1.165, 1.54) is 55.3 Å². The zero-order valence-electron chi connectivity index (χ0n) is 34.4. The second-order valence-corrected chi connectivity index (χ2v) is 15.7. The summed E-state index contributed by atoms with van der Waals surface area (Å²) in [7, 11) is 0. The lowest BCUT2D eigenvalue weighted by molar-refractivity contribution is 1.27. The smallest absolute Gasteiger partial charge is 0.0541 e. The molecule has 2 nitrogen and oxygen atoms in total. The van der Waals surface area contributed by atoms with Crippen LogP contribution in [0.25, 0.3) is 35.1 Å². The van der Waals surface area contributed by atoms with E-state index in [0.29, 0.717) is 0 Å². The molecule has 0 heterocycles. The molecule has 0 saturated heterocycles. The number of nitrogens with zero attached hydrogens (tertiary/aromatic N) is 2. The summed E-state index contributed by atoms with van der Waals surface area (Å²) in [5.74, 6) is 0. The Hall–Kier alpha value is -6.90. The quantitative estimate of drug-likeness (QED) is 0.128. The number of hydrogen-bond donors (Lipinski definition) is 0. The van der Waals surface area contributed by atoms with Crippen molar-refractivity contribution >= 4 is 69.2 Å². The predicted octanol–water partition coefficient (Wildman–Crippen LogP) is 16.0. The second kappa shape index (κ2) is 16.7. The van der Waals surface area contributed by atoms with Crippen molar-refractivity contribution in [2.45, 2.75) is 41.5 Å². The molecule has 2 heteroatoms. The topological polar surface area (TPSA) is 6.48 Å². The van der Waals surface area contributed by atoms with Crippen molar-refractivity contribution in [3.63, 3.8) is 0 Å². The lowest BCUT2D eigenvalue weighted by Gasteiger charge is -2.30. The molecule has 0 aliphatic heterocycles. The largest absolute Gasteiger partial charge is 0.310 e. The fraction of sp³-hybridized carbons (Fsp3) is 0.107. The van der Waals surface area contributed by atoms with Crippen molar-refractivity contribution in [1.29, 1.82) is 0 Å². The van der Waals surface area contributed by atoms with Crippen LogP contribution in [-0.4, -0.2) is 0 Å². The SMILES string of the molecule is Cc1ccc(N(c2ccc(/C=C/c3cc(C)cc(C)c3)cc2)c2ccc(N(c3ccc(C)cc3)c3ccc(/C=C/c4cc(C)cc(C)c4)cc3)c3ccccc23)cc1. The summed E-state index contributed by atoms with van der Waals surface area (Å²) in [5.41, 5.74) is 19.0. The summed E-state index contributed by atoms with van der Waals surface area (Å²) in [6, 6.07) is 62.2. The fourth-order valence-electron chi connectivity index (χ4n) is 7.97.